The molecule has 116 valence electrons. The molecule has 1 N–H and O–H groups in total. The third-order valence-corrected chi connectivity index (χ3v) is 3.97. The van der Waals surface area contributed by atoms with Crippen LogP contribution in [-0.2, 0) is 6.18 Å². The Morgan fingerprint density at radius 3 is 2.64 bits per heavy atom. The van der Waals surface area contributed by atoms with E-state index in [4.69, 9.17) is 0 Å². The molecule has 0 radical (unpaired) electrons. The summed E-state index contributed by atoms with van der Waals surface area (Å²) in [6, 6.07) is 10.9. The lowest BCUT2D eigenvalue weighted by Crippen LogP contribution is -2.28. The van der Waals surface area contributed by atoms with E-state index in [1.54, 1.807) is 12.1 Å². The SMILES string of the molecule is FC(F)(F)c1cccc(-c2cccc([C@@H]3CCCNC3)n2)c1. The fourth-order valence-corrected chi connectivity index (χ4v) is 2.80. The van der Waals surface area contributed by atoms with Crippen molar-refractivity contribution in [1.29, 1.82) is 0 Å². The zero-order valence-corrected chi connectivity index (χ0v) is 12.0. The summed E-state index contributed by atoms with van der Waals surface area (Å²) in [6.45, 7) is 1.89. The molecule has 0 saturated carbocycles. The molecule has 2 heterocycles. The van der Waals surface area contributed by atoms with Gasteiger partial charge in [0, 0.05) is 23.7 Å². The van der Waals surface area contributed by atoms with Gasteiger partial charge in [-0.3, -0.25) is 4.98 Å². The fourth-order valence-electron chi connectivity index (χ4n) is 2.80. The lowest BCUT2D eigenvalue weighted by Gasteiger charge is -2.22. The zero-order chi connectivity index (χ0) is 15.6. The molecule has 1 aliphatic heterocycles. The molecule has 1 fully saturated rings. The van der Waals surface area contributed by atoms with Crippen molar-refractivity contribution in [1.82, 2.24) is 10.3 Å². The summed E-state index contributed by atoms with van der Waals surface area (Å²) in [5, 5.41) is 3.33. The molecule has 2 nitrogen and oxygen atoms in total. The Bertz CT molecular complexity index is 646. The molecule has 0 spiro atoms. The average Bonchev–Trinajstić information content (AvgIpc) is 2.55. The number of hydrogen-bond donors (Lipinski definition) is 1. The highest BCUT2D eigenvalue weighted by molar-refractivity contribution is 5.60. The number of piperidine rings is 1. The molecule has 1 aromatic heterocycles. The molecule has 1 atom stereocenters. The van der Waals surface area contributed by atoms with E-state index in [0.29, 0.717) is 17.2 Å². The van der Waals surface area contributed by atoms with E-state index in [1.807, 2.05) is 12.1 Å². The zero-order valence-electron chi connectivity index (χ0n) is 12.0. The third kappa shape index (κ3) is 3.30. The molecule has 1 aliphatic rings. The number of halogens is 3. The number of nitrogens with one attached hydrogen (secondary N) is 1. The molecule has 1 saturated heterocycles. The molecule has 0 aliphatic carbocycles. The lowest BCUT2D eigenvalue weighted by atomic mass is 9.95. The minimum Gasteiger partial charge on any atom is -0.316 e. The van der Waals surface area contributed by atoms with Crippen molar-refractivity contribution in [3.8, 4) is 11.3 Å². The van der Waals surface area contributed by atoms with E-state index in [1.165, 1.54) is 6.07 Å². The first kappa shape index (κ1) is 15.0. The van der Waals surface area contributed by atoms with Gasteiger partial charge in [0.2, 0.25) is 0 Å². The number of aromatic nitrogens is 1. The first-order valence-electron chi connectivity index (χ1n) is 7.39. The fraction of sp³-hybridized carbons (Fsp3) is 0.353. The minimum atomic E-state index is -4.33. The van der Waals surface area contributed by atoms with Crippen LogP contribution in [0.1, 0.15) is 30.0 Å². The highest BCUT2D eigenvalue weighted by atomic mass is 19.4. The highest BCUT2D eigenvalue weighted by Crippen LogP contribution is 2.32. The van der Waals surface area contributed by atoms with Gasteiger partial charge in [0.15, 0.2) is 0 Å². The summed E-state index contributed by atoms with van der Waals surface area (Å²) in [4.78, 5) is 4.58. The van der Waals surface area contributed by atoms with Crippen LogP contribution < -0.4 is 5.32 Å². The van der Waals surface area contributed by atoms with Crippen molar-refractivity contribution in [2.24, 2.45) is 0 Å². The quantitative estimate of drug-likeness (QED) is 0.898. The molecule has 3 rings (SSSR count). The Kier molecular flexibility index (Phi) is 4.16. The predicted octanol–water partition coefficient (Wildman–Crippen LogP) is 4.23. The van der Waals surface area contributed by atoms with E-state index >= 15 is 0 Å². The summed E-state index contributed by atoms with van der Waals surface area (Å²) < 4.78 is 38.5. The highest BCUT2D eigenvalue weighted by Gasteiger charge is 2.30. The van der Waals surface area contributed by atoms with Crippen LogP contribution in [-0.4, -0.2) is 18.1 Å². The maximum atomic E-state index is 12.8. The van der Waals surface area contributed by atoms with Gasteiger partial charge in [-0.2, -0.15) is 13.2 Å². The standard InChI is InChI=1S/C17H17F3N2/c18-17(19,20)14-6-1-4-12(10-14)15-7-2-8-16(22-15)13-5-3-9-21-11-13/h1-2,4,6-8,10,13,21H,3,5,9,11H2/t13-/m1/s1. The van der Waals surface area contributed by atoms with Gasteiger partial charge in [-0.15, -0.1) is 0 Å². The van der Waals surface area contributed by atoms with Crippen molar-refractivity contribution in [3.05, 3.63) is 53.7 Å². The van der Waals surface area contributed by atoms with Crippen LogP contribution in [0.5, 0.6) is 0 Å². The molecule has 0 bridgehead atoms. The van der Waals surface area contributed by atoms with Gasteiger partial charge in [-0.25, -0.2) is 0 Å². The van der Waals surface area contributed by atoms with Crippen molar-refractivity contribution < 1.29 is 13.2 Å². The molecule has 0 unspecified atom stereocenters. The second kappa shape index (κ2) is 6.08. The smallest absolute Gasteiger partial charge is 0.316 e. The van der Waals surface area contributed by atoms with Gasteiger partial charge in [0.1, 0.15) is 0 Å². The maximum absolute atomic E-state index is 12.8. The number of alkyl halides is 3. The number of rotatable bonds is 2. The first-order valence-corrected chi connectivity index (χ1v) is 7.39. The Balaban J connectivity index is 1.92. The number of benzene rings is 1. The summed E-state index contributed by atoms with van der Waals surface area (Å²) in [5.74, 6) is 0.333. The summed E-state index contributed by atoms with van der Waals surface area (Å²) >= 11 is 0. The number of nitrogens with zero attached hydrogens (tertiary/aromatic N) is 1. The second-order valence-corrected chi connectivity index (χ2v) is 5.57. The van der Waals surface area contributed by atoms with Gasteiger partial charge in [-0.05, 0) is 43.7 Å². The second-order valence-electron chi connectivity index (χ2n) is 5.57. The third-order valence-electron chi connectivity index (χ3n) is 3.97. The van der Waals surface area contributed by atoms with Gasteiger partial charge in [0.05, 0.1) is 11.3 Å². The molecule has 2 aromatic rings. The topological polar surface area (TPSA) is 24.9 Å². The Morgan fingerprint density at radius 2 is 1.91 bits per heavy atom. The van der Waals surface area contributed by atoms with E-state index in [0.717, 1.165) is 43.8 Å². The summed E-state index contributed by atoms with van der Waals surface area (Å²) in [5.41, 5.74) is 1.40. The Hall–Kier alpha value is -1.88. The molecular formula is C17H17F3N2. The van der Waals surface area contributed by atoms with Gasteiger partial charge >= 0.3 is 6.18 Å². The van der Waals surface area contributed by atoms with Gasteiger partial charge in [0.25, 0.3) is 0 Å². The maximum Gasteiger partial charge on any atom is 0.416 e. The summed E-state index contributed by atoms with van der Waals surface area (Å²) in [6.07, 6.45) is -2.17. The monoisotopic (exact) mass is 306 g/mol. The van der Waals surface area contributed by atoms with Crippen LogP contribution in [0.25, 0.3) is 11.3 Å². The van der Waals surface area contributed by atoms with Crippen molar-refractivity contribution in [2.75, 3.05) is 13.1 Å². The van der Waals surface area contributed by atoms with Crippen LogP contribution in [0.3, 0.4) is 0 Å². The minimum absolute atomic E-state index is 0.333. The molecule has 0 amide bonds. The van der Waals surface area contributed by atoms with Crippen LogP contribution in [0.4, 0.5) is 13.2 Å². The van der Waals surface area contributed by atoms with Gasteiger partial charge in [-0.1, -0.05) is 18.2 Å². The van der Waals surface area contributed by atoms with Crippen LogP contribution in [0, 0.1) is 0 Å². The summed E-state index contributed by atoms with van der Waals surface area (Å²) in [7, 11) is 0. The molecule has 5 heteroatoms. The number of hydrogen-bond acceptors (Lipinski definition) is 2. The van der Waals surface area contributed by atoms with Crippen LogP contribution >= 0.6 is 0 Å². The van der Waals surface area contributed by atoms with E-state index in [9.17, 15) is 13.2 Å². The Morgan fingerprint density at radius 1 is 1.09 bits per heavy atom. The normalized spacial score (nSPS) is 19.1. The van der Waals surface area contributed by atoms with Crippen molar-refractivity contribution in [3.63, 3.8) is 0 Å². The Labute approximate surface area is 127 Å². The van der Waals surface area contributed by atoms with Gasteiger partial charge < -0.3 is 5.32 Å². The molecular weight excluding hydrogens is 289 g/mol. The molecule has 1 aromatic carbocycles. The van der Waals surface area contributed by atoms with E-state index in [2.05, 4.69) is 10.3 Å². The average molecular weight is 306 g/mol. The van der Waals surface area contributed by atoms with E-state index < -0.39 is 11.7 Å². The lowest BCUT2D eigenvalue weighted by molar-refractivity contribution is -0.137. The van der Waals surface area contributed by atoms with Crippen molar-refractivity contribution in [2.45, 2.75) is 24.9 Å². The van der Waals surface area contributed by atoms with E-state index in [-0.39, 0.29) is 0 Å². The number of pyridine rings is 1. The van der Waals surface area contributed by atoms with Crippen LogP contribution in [0.2, 0.25) is 0 Å². The predicted molar refractivity (Wildman–Crippen MR) is 79.5 cm³/mol. The first-order chi connectivity index (χ1) is 10.5. The van der Waals surface area contributed by atoms with Crippen LogP contribution in [0.15, 0.2) is 42.5 Å². The largest absolute Gasteiger partial charge is 0.416 e. The van der Waals surface area contributed by atoms with Crippen molar-refractivity contribution >= 4 is 0 Å². The molecule has 22 heavy (non-hydrogen) atoms.